The third kappa shape index (κ3) is 3.71. The molecule has 2 saturated heterocycles. The van der Waals surface area contributed by atoms with Crippen LogP contribution in [0.25, 0.3) is 0 Å². The maximum Gasteiger partial charge on any atom is 0.0304 e. The summed E-state index contributed by atoms with van der Waals surface area (Å²) >= 11 is 0. The molecule has 0 amide bonds. The fourth-order valence-corrected chi connectivity index (χ4v) is 3.64. The van der Waals surface area contributed by atoms with Crippen molar-refractivity contribution in [3.8, 4) is 0 Å². The minimum Gasteiger partial charge on any atom is -0.308 e. The van der Waals surface area contributed by atoms with E-state index in [4.69, 9.17) is 0 Å². The molecule has 1 atom stereocenters. The van der Waals surface area contributed by atoms with E-state index in [9.17, 15) is 0 Å². The Morgan fingerprint density at radius 2 is 1.79 bits per heavy atom. The van der Waals surface area contributed by atoms with Crippen molar-refractivity contribution in [3.63, 3.8) is 0 Å². The van der Waals surface area contributed by atoms with Crippen LogP contribution in [0.2, 0.25) is 0 Å². The molecule has 1 unspecified atom stereocenters. The van der Waals surface area contributed by atoms with Gasteiger partial charge in [0.05, 0.1) is 0 Å². The molecule has 0 radical (unpaired) electrons. The van der Waals surface area contributed by atoms with Gasteiger partial charge in [0.25, 0.3) is 0 Å². The monoisotopic (exact) mass is 267 g/mol. The predicted octanol–water partition coefficient (Wildman–Crippen LogP) is 2.18. The van der Waals surface area contributed by atoms with Gasteiger partial charge in [0, 0.05) is 31.2 Å². The highest BCUT2D eigenvalue weighted by Crippen LogP contribution is 2.25. The van der Waals surface area contributed by atoms with Gasteiger partial charge in [0.1, 0.15) is 0 Å². The first-order chi connectivity index (χ1) is 9.08. The molecule has 2 aliphatic heterocycles. The van der Waals surface area contributed by atoms with Gasteiger partial charge in [0.15, 0.2) is 0 Å². The number of nitrogens with zero attached hydrogens (tertiary/aromatic N) is 2. The Labute approximate surface area is 119 Å². The van der Waals surface area contributed by atoms with Crippen LogP contribution in [-0.2, 0) is 0 Å². The molecular formula is C16H33N3. The topological polar surface area (TPSA) is 18.5 Å². The average molecular weight is 267 g/mol. The van der Waals surface area contributed by atoms with E-state index in [-0.39, 0.29) is 0 Å². The maximum atomic E-state index is 3.81. The van der Waals surface area contributed by atoms with Crippen LogP contribution in [-0.4, -0.2) is 61.2 Å². The Morgan fingerprint density at radius 1 is 1.16 bits per heavy atom. The van der Waals surface area contributed by atoms with Crippen LogP contribution >= 0.6 is 0 Å². The lowest BCUT2D eigenvalue weighted by Gasteiger charge is -2.48. The lowest BCUT2D eigenvalue weighted by atomic mass is 9.87. The van der Waals surface area contributed by atoms with Crippen LogP contribution in [0.3, 0.4) is 0 Å². The maximum absolute atomic E-state index is 3.81. The second-order valence-electron chi connectivity index (χ2n) is 6.89. The van der Waals surface area contributed by atoms with Crippen molar-refractivity contribution < 1.29 is 0 Å². The van der Waals surface area contributed by atoms with E-state index >= 15 is 0 Å². The van der Waals surface area contributed by atoms with Crippen molar-refractivity contribution in [1.82, 2.24) is 15.1 Å². The van der Waals surface area contributed by atoms with E-state index in [1.54, 1.807) is 0 Å². The van der Waals surface area contributed by atoms with Gasteiger partial charge in [-0.05, 0) is 58.7 Å². The molecule has 0 aromatic rings. The molecule has 0 aromatic carbocycles. The van der Waals surface area contributed by atoms with Gasteiger partial charge in [0.2, 0.25) is 0 Å². The van der Waals surface area contributed by atoms with Crippen LogP contribution in [0.1, 0.15) is 46.5 Å². The predicted molar refractivity (Wildman–Crippen MR) is 82.6 cm³/mol. The van der Waals surface area contributed by atoms with Gasteiger partial charge in [-0.15, -0.1) is 0 Å². The average Bonchev–Trinajstić information content (AvgIpc) is 2.44. The zero-order valence-electron chi connectivity index (χ0n) is 13.4. The van der Waals surface area contributed by atoms with Crippen molar-refractivity contribution in [1.29, 1.82) is 0 Å². The third-order valence-electron chi connectivity index (χ3n) is 5.59. The van der Waals surface area contributed by atoms with E-state index in [1.165, 1.54) is 51.9 Å². The van der Waals surface area contributed by atoms with Crippen molar-refractivity contribution in [2.24, 2.45) is 5.92 Å². The van der Waals surface area contributed by atoms with Gasteiger partial charge in [-0.3, -0.25) is 4.90 Å². The first-order valence-electron chi connectivity index (χ1n) is 8.26. The summed E-state index contributed by atoms with van der Waals surface area (Å²) in [6, 6.07) is 0.700. The summed E-state index contributed by atoms with van der Waals surface area (Å²) in [6.07, 6.45) is 5.27. The van der Waals surface area contributed by atoms with E-state index in [0.717, 1.165) is 12.5 Å². The molecule has 19 heavy (non-hydrogen) atoms. The molecule has 2 heterocycles. The van der Waals surface area contributed by atoms with Crippen LogP contribution < -0.4 is 5.32 Å². The van der Waals surface area contributed by atoms with Crippen LogP contribution in [0.15, 0.2) is 0 Å². The quantitative estimate of drug-likeness (QED) is 0.842. The smallest absolute Gasteiger partial charge is 0.0304 e. The SMILES string of the molecule is CCC1(CC)CN(CC2CCN(C)CC2)C(C)CN1. The van der Waals surface area contributed by atoms with E-state index in [0.29, 0.717) is 11.6 Å². The Hall–Kier alpha value is -0.120. The van der Waals surface area contributed by atoms with Crippen LogP contribution in [0.5, 0.6) is 0 Å². The van der Waals surface area contributed by atoms with Gasteiger partial charge in [-0.1, -0.05) is 13.8 Å². The largest absolute Gasteiger partial charge is 0.308 e. The minimum atomic E-state index is 0.373. The number of piperidine rings is 1. The first kappa shape index (κ1) is 15.3. The summed E-state index contributed by atoms with van der Waals surface area (Å²) in [5, 5.41) is 3.81. The van der Waals surface area contributed by atoms with Gasteiger partial charge < -0.3 is 10.2 Å². The number of piperazine rings is 1. The molecule has 1 N–H and O–H groups in total. The summed E-state index contributed by atoms with van der Waals surface area (Å²) in [5.74, 6) is 0.920. The molecule has 2 fully saturated rings. The van der Waals surface area contributed by atoms with Crippen molar-refractivity contribution in [3.05, 3.63) is 0 Å². The van der Waals surface area contributed by atoms with Gasteiger partial charge in [-0.2, -0.15) is 0 Å². The second kappa shape index (κ2) is 6.55. The molecule has 0 bridgehead atoms. The molecule has 112 valence electrons. The lowest BCUT2D eigenvalue weighted by Crippen LogP contribution is -2.63. The summed E-state index contributed by atoms with van der Waals surface area (Å²) in [4.78, 5) is 5.24. The highest BCUT2D eigenvalue weighted by atomic mass is 15.3. The fraction of sp³-hybridized carbons (Fsp3) is 1.00. The van der Waals surface area contributed by atoms with Crippen molar-refractivity contribution in [2.45, 2.75) is 58.0 Å². The Bertz CT molecular complexity index is 267. The number of hydrogen-bond donors (Lipinski definition) is 1. The summed E-state index contributed by atoms with van der Waals surface area (Å²) in [5.41, 5.74) is 0.373. The number of likely N-dealkylation sites (tertiary alicyclic amines) is 1. The molecule has 3 nitrogen and oxygen atoms in total. The van der Waals surface area contributed by atoms with Crippen LogP contribution in [0.4, 0.5) is 0 Å². The first-order valence-corrected chi connectivity index (χ1v) is 8.26. The summed E-state index contributed by atoms with van der Waals surface area (Å²) in [7, 11) is 2.25. The number of nitrogens with one attached hydrogen (secondary N) is 1. The second-order valence-corrected chi connectivity index (χ2v) is 6.89. The lowest BCUT2D eigenvalue weighted by molar-refractivity contribution is 0.0554. The molecule has 0 aromatic heterocycles. The molecule has 0 saturated carbocycles. The van der Waals surface area contributed by atoms with E-state index in [1.807, 2.05) is 0 Å². The van der Waals surface area contributed by atoms with Crippen molar-refractivity contribution in [2.75, 3.05) is 39.8 Å². The number of rotatable bonds is 4. The molecular weight excluding hydrogens is 234 g/mol. The highest BCUT2D eigenvalue weighted by molar-refractivity contribution is 4.96. The third-order valence-corrected chi connectivity index (χ3v) is 5.59. The van der Waals surface area contributed by atoms with Crippen molar-refractivity contribution >= 4 is 0 Å². The highest BCUT2D eigenvalue weighted by Gasteiger charge is 2.35. The summed E-state index contributed by atoms with van der Waals surface area (Å²) < 4.78 is 0. The zero-order chi connectivity index (χ0) is 13.9. The van der Waals surface area contributed by atoms with Gasteiger partial charge >= 0.3 is 0 Å². The molecule has 0 aliphatic carbocycles. The summed E-state index contributed by atoms with van der Waals surface area (Å²) in [6.45, 7) is 13.4. The Balaban J connectivity index is 1.90. The van der Waals surface area contributed by atoms with Crippen LogP contribution in [0, 0.1) is 5.92 Å². The molecule has 0 spiro atoms. The molecule has 2 rings (SSSR count). The van der Waals surface area contributed by atoms with E-state index in [2.05, 4.69) is 42.9 Å². The minimum absolute atomic E-state index is 0.373. The normalized spacial score (nSPS) is 30.6. The molecule has 3 heteroatoms. The van der Waals surface area contributed by atoms with Gasteiger partial charge in [-0.25, -0.2) is 0 Å². The zero-order valence-corrected chi connectivity index (χ0v) is 13.4. The van der Waals surface area contributed by atoms with E-state index < -0.39 is 0 Å². The Kier molecular flexibility index (Phi) is 5.27. The fourth-order valence-electron chi connectivity index (χ4n) is 3.64. The standard InChI is InChI=1S/C16H33N3/c1-5-16(6-2)13-19(14(3)11-17-16)12-15-7-9-18(4)10-8-15/h14-15,17H,5-13H2,1-4H3. The molecule has 2 aliphatic rings. The number of hydrogen-bond acceptors (Lipinski definition) is 3. The Morgan fingerprint density at radius 3 is 2.37 bits per heavy atom.